The van der Waals surface area contributed by atoms with Crippen molar-refractivity contribution >= 4 is 39.3 Å². The van der Waals surface area contributed by atoms with E-state index in [1.807, 2.05) is 27.8 Å². The molecule has 1 aliphatic carbocycles. The van der Waals surface area contributed by atoms with Crippen molar-refractivity contribution in [3.05, 3.63) is 58.7 Å². The lowest BCUT2D eigenvalue weighted by molar-refractivity contribution is -0.149. The molecule has 12 heteroatoms. The topological polar surface area (TPSA) is 90.0 Å². The number of likely N-dealkylation sites (tertiary alicyclic amines) is 1. The summed E-state index contributed by atoms with van der Waals surface area (Å²) in [6.45, 7) is 3.96. The summed E-state index contributed by atoms with van der Waals surface area (Å²) in [6.07, 6.45) is 4.26. The van der Waals surface area contributed by atoms with Crippen LogP contribution in [0, 0.1) is 34.3 Å². The van der Waals surface area contributed by atoms with Gasteiger partial charge in [-0.2, -0.15) is 10.4 Å². The number of amides is 1. The number of rotatable bonds is 6. The predicted molar refractivity (Wildman–Crippen MR) is 158 cm³/mol. The van der Waals surface area contributed by atoms with E-state index in [2.05, 4.69) is 6.07 Å². The number of aromatic nitrogens is 3. The number of ether oxygens (including phenoxy) is 1. The molecular weight excluding hydrogens is 572 g/mol. The van der Waals surface area contributed by atoms with Crippen molar-refractivity contribution < 1.29 is 18.3 Å². The standard InChI is InChI=1S/C31H29F2N7O2S/c1-37(30-35-26(25(11-34)43-30)18-4-6-21(32)7-5-18)28-24-10-23(22(33)12-40(24)36-27(28)19-2-3-19)38-14-31(15-38)16-39(17-31)29(41)20-8-9-42-13-20/h4-7,10,12,19-20H,2-3,8-9,13-17H2,1H3/t20-/m0/s1. The van der Waals surface area contributed by atoms with Gasteiger partial charge < -0.3 is 19.4 Å². The molecule has 4 aromatic rings. The highest BCUT2D eigenvalue weighted by Crippen LogP contribution is 2.49. The number of nitrogens with zero attached hydrogens (tertiary/aromatic N) is 7. The number of carbonyl (C=O) groups excluding carboxylic acids is 1. The van der Waals surface area contributed by atoms with Gasteiger partial charge in [0, 0.05) is 56.7 Å². The number of pyridine rings is 1. The maximum atomic E-state index is 15.5. The summed E-state index contributed by atoms with van der Waals surface area (Å²) in [5.41, 5.74) is 4.21. The number of thiazole rings is 1. The summed E-state index contributed by atoms with van der Waals surface area (Å²) in [7, 11) is 1.90. The molecule has 0 radical (unpaired) electrons. The fourth-order valence-electron chi connectivity index (χ4n) is 6.75. The van der Waals surface area contributed by atoms with Crippen LogP contribution in [0.4, 0.5) is 25.3 Å². The van der Waals surface area contributed by atoms with E-state index < -0.39 is 0 Å². The Hall–Kier alpha value is -4.08. The Bertz CT molecular complexity index is 1790. The number of hydrogen-bond acceptors (Lipinski definition) is 8. The Labute approximate surface area is 250 Å². The van der Waals surface area contributed by atoms with Crippen molar-refractivity contribution in [3.8, 4) is 17.3 Å². The van der Waals surface area contributed by atoms with Crippen LogP contribution in [0.3, 0.4) is 0 Å². The number of halogens is 2. The zero-order valence-corrected chi connectivity index (χ0v) is 24.4. The van der Waals surface area contributed by atoms with Crippen molar-refractivity contribution in [1.29, 1.82) is 5.26 Å². The lowest BCUT2D eigenvalue weighted by Gasteiger charge is -2.61. The van der Waals surface area contributed by atoms with E-state index in [9.17, 15) is 14.4 Å². The quantitative estimate of drug-likeness (QED) is 0.309. The van der Waals surface area contributed by atoms with Gasteiger partial charge in [0.15, 0.2) is 10.9 Å². The Kier molecular flexibility index (Phi) is 6.00. The first-order valence-corrected chi connectivity index (χ1v) is 15.4. The highest BCUT2D eigenvalue weighted by Gasteiger charge is 2.54. The zero-order chi connectivity index (χ0) is 29.5. The third-order valence-electron chi connectivity index (χ3n) is 9.16. The monoisotopic (exact) mass is 601 g/mol. The van der Waals surface area contributed by atoms with Crippen molar-refractivity contribution in [1.82, 2.24) is 19.5 Å². The molecule has 1 spiro atoms. The lowest BCUT2D eigenvalue weighted by Crippen LogP contribution is -2.73. The summed E-state index contributed by atoms with van der Waals surface area (Å²) in [5, 5.41) is 15.3. The summed E-state index contributed by atoms with van der Waals surface area (Å²) < 4.78 is 36.1. The van der Waals surface area contributed by atoms with Gasteiger partial charge in [0.2, 0.25) is 5.91 Å². The highest BCUT2D eigenvalue weighted by atomic mass is 32.1. The van der Waals surface area contributed by atoms with Crippen LogP contribution in [-0.4, -0.2) is 71.8 Å². The van der Waals surface area contributed by atoms with Gasteiger partial charge in [-0.15, -0.1) is 0 Å². The van der Waals surface area contributed by atoms with E-state index in [1.165, 1.54) is 29.7 Å². The van der Waals surface area contributed by atoms with Crippen molar-refractivity contribution in [2.75, 3.05) is 56.2 Å². The van der Waals surface area contributed by atoms with Crippen LogP contribution in [0.2, 0.25) is 0 Å². The first kappa shape index (κ1) is 26.5. The number of anilines is 3. The van der Waals surface area contributed by atoms with Gasteiger partial charge in [-0.25, -0.2) is 18.3 Å². The minimum absolute atomic E-state index is 0.0120. The maximum Gasteiger partial charge on any atom is 0.228 e. The Morgan fingerprint density at radius 3 is 2.60 bits per heavy atom. The van der Waals surface area contributed by atoms with Gasteiger partial charge in [-0.3, -0.25) is 4.79 Å². The van der Waals surface area contributed by atoms with Gasteiger partial charge in [0.1, 0.15) is 22.5 Å². The summed E-state index contributed by atoms with van der Waals surface area (Å²) in [6, 6.07) is 10.1. The molecule has 9 nitrogen and oxygen atoms in total. The maximum absolute atomic E-state index is 15.5. The molecule has 43 heavy (non-hydrogen) atoms. The lowest BCUT2D eigenvalue weighted by atomic mass is 9.72. The summed E-state index contributed by atoms with van der Waals surface area (Å²) in [5.74, 6) is -0.254. The van der Waals surface area contributed by atoms with Gasteiger partial charge in [-0.1, -0.05) is 11.3 Å². The number of hydrogen-bond donors (Lipinski definition) is 0. The highest BCUT2D eigenvalue weighted by molar-refractivity contribution is 7.16. The van der Waals surface area contributed by atoms with E-state index in [0.29, 0.717) is 66.3 Å². The normalized spacial score (nSPS) is 20.7. The molecule has 4 fully saturated rings. The molecule has 4 aliphatic rings. The Morgan fingerprint density at radius 2 is 1.93 bits per heavy atom. The molecule has 1 aromatic carbocycles. The van der Waals surface area contributed by atoms with Crippen LogP contribution in [-0.2, 0) is 9.53 Å². The molecule has 1 atom stereocenters. The molecule has 220 valence electrons. The van der Waals surface area contributed by atoms with E-state index >= 15 is 4.39 Å². The summed E-state index contributed by atoms with van der Waals surface area (Å²) >= 11 is 1.26. The molecule has 1 saturated carbocycles. The molecular formula is C31H29F2N7O2S. The second-order valence-electron chi connectivity index (χ2n) is 12.3. The van der Waals surface area contributed by atoms with Gasteiger partial charge in [-0.05, 0) is 49.6 Å². The molecule has 6 heterocycles. The number of carbonyl (C=O) groups is 1. The van der Waals surface area contributed by atoms with Crippen LogP contribution in [0.1, 0.15) is 35.8 Å². The molecule has 0 unspecified atom stereocenters. The first-order chi connectivity index (χ1) is 20.8. The van der Waals surface area contributed by atoms with E-state index in [0.717, 1.165) is 36.2 Å². The minimum Gasteiger partial charge on any atom is -0.381 e. The third-order valence-corrected chi connectivity index (χ3v) is 10.2. The second-order valence-corrected chi connectivity index (χ2v) is 13.3. The molecule has 3 aliphatic heterocycles. The van der Waals surface area contributed by atoms with Gasteiger partial charge in [0.25, 0.3) is 0 Å². The largest absolute Gasteiger partial charge is 0.381 e. The Balaban J connectivity index is 1.08. The number of fused-ring (bicyclic) bond motifs is 1. The summed E-state index contributed by atoms with van der Waals surface area (Å²) in [4.78, 5) is 23.9. The minimum atomic E-state index is -0.353. The second kappa shape index (κ2) is 9.72. The van der Waals surface area contributed by atoms with Crippen molar-refractivity contribution in [2.24, 2.45) is 11.3 Å². The molecule has 3 aromatic heterocycles. The van der Waals surface area contributed by atoms with Gasteiger partial charge >= 0.3 is 0 Å². The molecule has 0 N–H and O–H groups in total. The van der Waals surface area contributed by atoms with Crippen LogP contribution >= 0.6 is 11.3 Å². The van der Waals surface area contributed by atoms with E-state index in [4.69, 9.17) is 14.8 Å². The van der Waals surface area contributed by atoms with Crippen LogP contribution in [0.15, 0.2) is 36.5 Å². The first-order valence-electron chi connectivity index (χ1n) is 14.6. The fraction of sp³-hybridized carbons (Fsp3) is 0.419. The van der Waals surface area contributed by atoms with Crippen molar-refractivity contribution in [3.63, 3.8) is 0 Å². The van der Waals surface area contributed by atoms with E-state index in [1.54, 1.807) is 16.6 Å². The number of nitriles is 1. The molecule has 1 amide bonds. The smallest absolute Gasteiger partial charge is 0.228 e. The van der Waals surface area contributed by atoms with Crippen LogP contribution in [0.5, 0.6) is 0 Å². The average molecular weight is 602 g/mol. The third kappa shape index (κ3) is 4.36. The molecule has 3 saturated heterocycles. The molecule has 8 rings (SSSR count). The Morgan fingerprint density at radius 1 is 1.16 bits per heavy atom. The molecule has 0 bridgehead atoms. The SMILES string of the molecule is CN(c1nc(-c2ccc(F)cc2)c(C#N)s1)c1c(C2CC2)nn2cc(F)c(N3CC4(CN(C(=O)[C@H]5CCOC5)C4)C3)cc12. The van der Waals surface area contributed by atoms with Crippen molar-refractivity contribution in [2.45, 2.75) is 25.2 Å². The van der Waals surface area contributed by atoms with Crippen LogP contribution in [0.25, 0.3) is 16.8 Å². The fourth-order valence-corrected chi connectivity index (χ4v) is 7.60. The van der Waals surface area contributed by atoms with E-state index in [-0.39, 0.29) is 34.8 Å². The number of benzene rings is 1. The van der Waals surface area contributed by atoms with Crippen LogP contribution < -0.4 is 9.80 Å². The average Bonchev–Trinajstić information content (AvgIpc) is 3.33. The predicted octanol–water partition coefficient (Wildman–Crippen LogP) is 4.94. The zero-order valence-electron chi connectivity index (χ0n) is 23.6. The van der Waals surface area contributed by atoms with Gasteiger partial charge in [0.05, 0.1) is 41.3 Å².